The lowest BCUT2D eigenvalue weighted by Crippen LogP contribution is -2.56. The van der Waals surface area contributed by atoms with E-state index < -0.39 is 40.1 Å². The molecule has 0 aliphatic carbocycles. The maximum Gasteiger partial charge on any atom is 0.418 e. The van der Waals surface area contributed by atoms with Crippen LogP contribution in [-0.2, 0) is 20.8 Å². The SMILES string of the molecule is COc1ccc(C(=O)C(Cc2ccccc2)N(NC(=O)N2CCOC2=O)OC(=O)CC(Cl)(Cl)Cl)cc1. The lowest BCUT2D eigenvalue weighted by atomic mass is 9.98. The Morgan fingerprint density at radius 1 is 1.11 bits per heavy atom. The van der Waals surface area contributed by atoms with Gasteiger partial charge < -0.3 is 14.3 Å². The maximum atomic E-state index is 13.6. The summed E-state index contributed by atoms with van der Waals surface area (Å²) in [5, 5.41) is 0.673. The summed E-state index contributed by atoms with van der Waals surface area (Å²) in [6.45, 7) is -0.0338. The van der Waals surface area contributed by atoms with Crippen LogP contribution in [-0.4, -0.2) is 64.0 Å². The number of amides is 3. The molecule has 192 valence electrons. The molecule has 1 aliphatic rings. The zero-order valence-corrected chi connectivity index (χ0v) is 21.3. The number of ether oxygens (including phenoxy) is 2. The van der Waals surface area contributed by atoms with E-state index in [4.69, 9.17) is 49.1 Å². The number of urea groups is 1. The standard InChI is InChI=1S/C23H22Cl3N3O7/c1-34-17-9-7-16(8-10-17)20(31)18(13-15-5-3-2-4-6-15)29(36-19(30)14-23(24,25)26)27-21(32)28-11-12-35-22(28)33/h2-10,18H,11-14H2,1H3,(H,27,32). The first kappa shape index (κ1) is 27.5. The third kappa shape index (κ3) is 7.72. The van der Waals surface area contributed by atoms with E-state index in [1.165, 1.54) is 19.2 Å². The summed E-state index contributed by atoms with van der Waals surface area (Å²) in [5.74, 6) is -1.02. The van der Waals surface area contributed by atoms with Crippen LogP contribution in [0, 0.1) is 0 Å². The molecule has 2 aromatic carbocycles. The predicted octanol–water partition coefficient (Wildman–Crippen LogP) is 4.09. The van der Waals surface area contributed by atoms with Gasteiger partial charge in [0.05, 0.1) is 20.1 Å². The van der Waals surface area contributed by atoms with Crippen molar-refractivity contribution in [3.05, 3.63) is 65.7 Å². The molecule has 1 saturated heterocycles. The monoisotopic (exact) mass is 557 g/mol. The van der Waals surface area contributed by atoms with E-state index >= 15 is 0 Å². The Bertz CT molecular complexity index is 1090. The molecule has 36 heavy (non-hydrogen) atoms. The topological polar surface area (TPSA) is 114 Å². The number of carbonyl (C=O) groups excluding carboxylic acids is 4. The molecule has 0 bridgehead atoms. The van der Waals surface area contributed by atoms with Crippen LogP contribution >= 0.6 is 34.8 Å². The predicted molar refractivity (Wildman–Crippen MR) is 131 cm³/mol. The molecule has 13 heteroatoms. The highest BCUT2D eigenvalue weighted by atomic mass is 35.6. The minimum Gasteiger partial charge on any atom is -0.497 e. The third-order valence-electron chi connectivity index (χ3n) is 4.99. The first-order chi connectivity index (χ1) is 17.1. The molecule has 1 atom stereocenters. The number of carbonyl (C=O) groups is 4. The summed E-state index contributed by atoms with van der Waals surface area (Å²) in [7, 11) is 1.49. The number of cyclic esters (lactones) is 1. The zero-order valence-electron chi connectivity index (χ0n) is 19.0. The molecule has 1 fully saturated rings. The van der Waals surface area contributed by atoms with E-state index in [-0.39, 0.29) is 25.1 Å². The molecule has 2 aromatic rings. The summed E-state index contributed by atoms with van der Waals surface area (Å²) in [4.78, 5) is 56.9. The van der Waals surface area contributed by atoms with Crippen molar-refractivity contribution in [1.82, 2.24) is 15.5 Å². The third-order valence-corrected chi connectivity index (χ3v) is 5.39. The number of Topliss-reactive ketones (excluding diaryl/α,β-unsaturated/α-hetero) is 1. The highest BCUT2D eigenvalue weighted by Gasteiger charge is 2.37. The van der Waals surface area contributed by atoms with Crippen LogP contribution in [0.1, 0.15) is 22.3 Å². The number of nitrogens with zero attached hydrogens (tertiary/aromatic N) is 2. The number of halogens is 3. The minimum atomic E-state index is -1.99. The Labute approximate surface area is 221 Å². The fraction of sp³-hybridized carbons (Fsp3) is 0.304. The number of nitrogens with one attached hydrogen (secondary N) is 1. The second-order valence-corrected chi connectivity index (χ2v) is 10.1. The van der Waals surface area contributed by atoms with Gasteiger partial charge in [0.25, 0.3) is 0 Å². The van der Waals surface area contributed by atoms with Gasteiger partial charge in [0.15, 0.2) is 5.78 Å². The van der Waals surface area contributed by atoms with Crippen LogP contribution in [0.3, 0.4) is 0 Å². The molecule has 0 saturated carbocycles. The molecule has 0 radical (unpaired) electrons. The van der Waals surface area contributed by atoms with Crippen molar-refractivity contribution in [2.24, 2.45) is 0 Å². The highest BCUT2D eigenvalue weighted by Crippen LogP contribution is 2.30. The van der Waals surface area contributed by atoms with Crippen molar-refractivity contribution in [3.63, 3.8) is 0 Å². The molecule has 0 aromatic heterocycles. The Kier molecular flexibility index (Phi) is 9.38. The normalized spacial score (nSPS) is 14.2. The number of rotatable bonds is 9. The number of ketones is 1. The molecule has 1 unspecified atom stereocenters. The van der Waals surface area contributed by atoms with Crippen molar-refractivity contribution in [2.45, 2.75) is 22.7 Å². The second-order valence-electron chi connectivity index (χ2n) is 7.56. The number of benzene rings is 2. The first-order valence-corrected chi connectivity index (χ1v) is 11.7. The van der Waals surface area contributed by atoms with E-state index in [0.29, 0.717) is 16.5 Å². The summed E-state index contributed by atoms with van der Waals surface area (Å²) in [6.07, 6.45) is -1.55. The number of alkyl halides is 3. The Hall–Kier alpha value is -3.05. The molecule has 1 heterocycles. The lowest BCUT2D eigenvalue weighted by molar-refractivity contribution is -0.210. The number of hydrazine groups is 1. The maximum absolute atomic E-state index is 13.6. The van der Waals surface area contributed by atoms with E-state index in [2.05, 4.69) is 5.43 Å². The van der Waals surface area contributed by atoms with Crippen LogP contribution in [0.15, 0.2) is 54.6 Å². The number of imide groups is 1. The summed E-state index contributed by atoms with van der Waals surface area (Å²) >= 11 is 17.1. The molecular weight excluding hydrogens is 537 g/mol. The van der Waals surface area contributed by atoms with Crippen LogP contribution < -0.4 is 10.2 Å². The largest absolute Gasteiger partial charge is 0.497 e. The van der Waals surface area contributed by atoms with Crippen LogP contribution in [0.5, 0.6) is 5.75 Å². The van der Waals surface area contributed by atoms with Gasteiger partial charge in [0.2, 0.25) is 3.79 Å². The molecule has 0 spiro atoms. The summed E-state index contributed by atoms with van der Waals surface area (Å²) < 4.78 is 7.93. The minimum absolute atomic E-state index is 0.00245. The molecule has 10 nitrogen and oxygen atoms in total. The van der Waals surface area contributed by atoms with Crippen molar-refractivity contribution >= 4 is 58.7 Å². The van der Waals surface area contributed by atoms with Crippen molar-refractivity contribution < 1.29 is 33.5 Å². The van der Waals surface area contributed by atoms with Crippen molar-refractivity contribution in [3.8, 4) is 5.75 Å². The number of hydrogen-bond acceptors (Lipinski definition) is 8. The molecule has 1 N–H and O–H groups in total. The zero-order chi connectivity index (χ0) is 26.3. The van der Waals surface area contributed by atoms with Gasteiger partial charge in [-0.1, -0.05) is 65.1 Å². The molecule has 3 amide bonds. The highest BCUT2D eigenvalue weighted by molar-refractivity contribution is 6.68. The van der Waals surface area contributed by atoms with Gasteiger partial charge in [-0.05, 0) is 35.0 Å². The van der Waals surface area contributed by atoms with Crippen molar-refractivity contribution in [1.29, 1.82) is 0 Å². The van der Waals surface area contributed by atoms with Gasteiger partial charge in [-0.2, -0.15) is 0 Å². The van der Waals surface area contributed by atoms with Crippen LogP contribution in [0.4, 0.5) is 9.59 Å². The van der Waals surface area contributed by atoms with Gasteiger partial charge in [-0.25, -0.2) is 19.9 Å². The average Bonchev–Trinajstić information content (AvgIpc) is 3.27. The van der Waals surface area contributed by atoms with Crippen molar-refractivity contribution in [2.75, 3.05) is 20.3 Å². The first-order valence-electron chi connectivity index (χ1n) is 10.6. The van der Waals surface area contributed by atoms with Gasteiger partial charge in [-0.3, -0.25) is 9.59 Å². The molecule has 1 aliphatic heterocycles. The number of methoxy groups -OCH3 is 1. The lowest BCUT2D eigenvalue weighted by Gasteiger charge is -2.30. The van der Waals surface area contributed by atoms with Gasteiger partial charge in [0, 0.05) is 12.0 Å². The fourth-order valence-electron chi connectivity index (χ4n) is 3.27. The average molecular weight is 559 g/mol. The van der Waals surface area contributed by atoms with Crippen LogP contribution in [0.2, 0.25) is 0 Å². The van der Waals surface area contributed by atoms with Gasteiger partial charge >= 0.3 is 18.1 Å². The van der Waals surface area contributed by atoms with Gasteiger partial charge in [0.1, 0.15) is 18.4 Å². The summed E-state index contributed by atoms with van der Waals surface area (Å²) in [5.41, 5.74) is 3.24. The number of hydroxylamine groups is 1. The Morgan fingerprint density at radius 2 is 1.78 bits per heavy atom. The second kappa shape index (κ2) is 12.3. The van der Waals surface area contributed by atoms with E-state index in [1.54, 1.807) is 42.5 Å². The van der Waals surface area contributed by atoms with E-state index in [0.717, 1.165) is 4.90 Å². The Balaban J connectivity index is 1.96. The van der Waals surface area contributed by atoms with Gasteiger partial charge in [-0.15, -0.1) is 0 Å². The summed E-state index contributed by atoms with van der Waals surface area (Å²) in [6, 6.07) is 12.8. The number of hydrogen-bond donors (Lipinski definition) is 1. The molecule has 3 rings (SSSR count). The Morgan fingerprint density at radius 3 is 2.33 bits per heavy atom. The van der Waals surface area contributed by atoms with E-state index in [1.807, 2.05) is 0 Å². The quantitative estimate of drug-likeness (QED) is 0.278. The smallest absolute Gasteiger partial charge is 0.418 e. The molecular formula is C23H22Cl3N3O7. The van der Waals surface area contributed by atoms with Crippen LogP contribution in [0.25, 0.3) is 0 Å². The fourth-order valence-corrected chi connectivity index (χ4v) is 3.60. The van der Waals surface area contributed by atoms with E-state index in [9.17, 15) is 19.2 Å².